The van der Waals surface area contributed by atoms with Crippen LogP contribution in [0.1, 0.15) is 22.8 Å². The number of carbonyl (C=O) groups is 3. The summed E-state index contributed by atoms with van der Waals surface area (Å²) >= 11 is 0. The van der Waals surface area contributed by atoms with Crippen LogP contribution in [0.4, 0.5) is 4.79 Å². The number of carbonyl (C=O) groups excluding carboxylic acids is 3. The van der Waals surface area contributed by atoms with Crippen LogP contribution in [0.3, 0.4) is 0 Å². The van der Waals surface area contributed by atoms with Crippen molar-refractivity contribution in [2.75, 3.05) is 7.11 Å². The monoisotopic (exact) mass is 407 g/mol. The summed E-state index contributed by atoms with van der Waals surface area (Å²) in [7, 11) is 1.13. The highest BCUT2D eigenvalue weighted by atomic mass is 16.6. The van der Waals surface area contributed by atoms with Crippen molar-refractivity contribution in [1.82, 2.24) is 15.1 Å². The van der Waals surface area contributed by atoms with Crippen LogP contribution in [0.5, 0.6) is 0 Å². The molecule has 0 saturated heterocycles. The average Bonchev–Trinajstić information content (AvgIpc) is 3.20. The Morgan fingerprint density at radius 3 is 2.47 bits per heavy atom. The van der Waals surface area contributed by atoms with E-state index in [-0.39, 0.29) is 5.56 Å². The van der Waals surface area contributed by atoms with Crippen LogP contribution in [0.25, 0.3) is 16.9 Å². The highest BCUT2D eigenvalue weighted by Gasteiger charge is 2.25. The van der Waals surface area contributed by atoms with Gasteiger partial charge in [-0.15, -0.1) is 0 Å². The topological polar surface area (TPSA) is 99.5 Å². The number of alkyl carbamates (subject to hydrolysis) is 1. The molecular formula is C22H21N3O5. The summed E-state index contributed by atoms with van der Waals surface area (Å²) in [5.74, 6) is -1.52. The maximum Gasteiger partial charge on any atom is 0.413 e. The fourth-order valence-electron chi connectivity index (χ4n) is 2.77. The van der Waals surface area contributed by atoms with E-state index in [0.717, 1.165) is 23.9 Å². The van der Waals surface area contributed by atoms with Crippen LogP contribution in [-0.4, -0.2) is 41.0 Å². The summed E-state index contributed by atoms with van der Waals surface area (Å²) < 4.78 is 11.2. The third-order valence-electron chi connectivity index (χ3n) is 4.31. The van der Waals surface area contributed by atoms with E-state index >= 15 is 0 Å². The van der Waals surface area contributed by atoms with Gasteiger partial charge in [-0.05, 0) is 32.0 Å². The Morgan fingerprint density at radius 2 is 1.80 bits per heavy atom. The number of amides is 2. The molecule has 3 aromatic rings. The second kappa shape index (κ2) is 9.04. The molecule has 1 aromatic heterocycles. The van der Waals surface area contributed by atoms with Crippen molar-refractivity contribution in [2.45, 2.75) is 20.0 Å². The average molecular weight is 407 g/mol. The fraction of sp³-hybridized carbons (Fsp3) is 0.182. The number of esters is 1. The molecule has 0 bridgehead atoms. The lowest BCUT2D eigenvalue weighted by molar-refractivity contribution is -0.128. The number of benzene rings is 2. The van der Waals surface area contributed by atoms with Crippen molar-refractivity contribution in [1.29, 1.82) is 0 Å². The molecular weight excluding hydrogens is 386 g/mol. The second-order valence-corrected chi connectivity index (χ2v) is 6.57. The summed E-state index contributed by atoms with van der Waals surface area (Å²) in [4.78, 5) is 36.1. The van der Waals surface area contributed by atoms with Crippen molar-refractivity contribution < 1.29 is 23.9 Å². The lowest BCUT2D eigenvalue weighted by Gasteiger charge is -2.12. The number of aromatic nitrogens is 2. The van der Waals surface area contributed by atoms with Gasteiger partial charge in [0.2, 0.25) is 0 Å². The number of ether oxygens (including phenoxy) is 2. The zero-order chi connectivity index (χ0) is 21.7. The van der Waals surface area contributed by atoms with Gasteiger partial charge in [0.1, 0.15) is 11.3 Å². The van der Waals surface area contributed by atoms with Crippen molar-refractivity contribution in [3.8, 4) is 16.9 Å². The molecule has 0 aliphatic carbocycles. The van der Waals surface area contributed by atoms with Crippen molar-refractivity contribution in [3.63, 3.8) is 0 Å². The van der Waals surface area contributed by atoms with E-state index in [1.54, 1.807) is 10.9 Å². The van der Waals surface area contributed by atoms with E-state index < -0.39 is 24.1 Å². The van der Waals surface area contributed by atoms with Crippen molar-refractivity contribution in [3.05, 3.63) is 71.9 Å². The molecule has 8 heteroatoms. The Labute approximate surface area is 173 Å². The summed E-state index contributed by atoms with van der Waals surface area (Å²) in [6.07, 6.45) is -0.581. The van der Waals surface area contributed by atoms with Gasteiger partial charge >= 0.3 is 12.1 Å². The van der Waals surface area contributed by atoms with Crippen molar-refractivity contribution >= 4 is 18.0 Å². The normalized spacial score (nSPS) is 11.4. The van der Waals surface area contributed by atoms with Crippen LogP contribution in [0.2, 0.25) is 0 Å². The number of nitrogens with one attached hydrogen (secondary N) is 1. The first-order chi connectivity index (χ1) is 14.4. The van der Waals surface area contributed by atoms with Gasteiger partial charge in [-0.3, -0.25) is 10.1 Å². The highest BCUT2D eigenvalue weighted by Crippen LogP contribution is 2.25. The smallest absolute Gasteiger partial charge is 0.413 e. The number of imide groups is 1. The number of para-hydroxylation sites is 1. The Bertz CT molecular complexity index is 1080. The van der Waals surface area contributed by atoms with E-state index in [4.69, 9.17) is 4.74 Å². The van der Waals surface area contributed by atoms with Crippen LogP contribution in [0, 0.1) is 6.92 Å². The highest BCUT2D eigenvalue weighted by molar-refractivity contribution is 5.99. The number of nitrogens with zero attached hydrogens (tertiary/aromatic N) is 2. The zero-order valence-electron chi connectivity index (χ0n) is 16.8. The number of hydrogen-bond donors (Lipinski definition) is 1. The molecule has 0 aliphatic rings. The third kappa shape index (κ3) is 4.72. The van der Waals surface area contributed by atoms with Crippen LogP contribution in [0.15, 0.2) is 60.8 Å². The van der Waals surface area contributed by atoms with Crippen LogP contribution < -0.4 is 5.32 Å². The Balaban J connectivity index is 1.94. The molecule has 0 radical (unpaired) electrons. The summed E-state index contributed by atoms with van der Waals surface area (Å²) in [6.45, 7) is 3.30. The molecule has 2 aromatic carbocycles. The first-order valence-electron chi connectivity index (χ1n) is 9.21. The summed E-state index contributed by atoms with van der Waals surface area (Å²) in [6, 6.07) is 16.9. The first kappa shape index (κ1) is 20.8. The van der Waals surface area contributed by atoms with Gasteiger partial charge in [-0.1, -0.05) is 42.0 Å². The predicted molar refractivity (Wildman–Crippen MR) is 109 cm³/mol. The predicted octanol–water partition coefficient (Wildman–Crippen LogP) is 3.28. The minimum atomic E-state index is -1.21. The van der Waals surface area contributed by atoms with Crippen LogP contribution in [-0.2, 0) is 14.3 Å². The zero-order valence-corrected chi connectivity index (χ0v) is 16.8. The van der Waals surface area contributed by atoms with E-state index in [2.05, 4.69) is 9.84 Å². The molecule has 1 atom stereocenters. The first-order valence-corrected chi connectivity index (χ1v) is 9.21. The van der Waals surface area contributed by atoms with E-state index in [0.29, 0.717) is 5.69 Å². The molecule has 0 saturated carbocycles. The fourth-order valence-corrected chi connectivity index (χ4v) is 2.77. The summed E-state index contributed by atoms with van der Waals surface area (Å²) in [5, 5.41) is 6.54. The van der Waals surface area contributed by atoms with Gasteiger partial charge in [0.25, 0.3) is 5.91 Å². The maximum absolute atomic E-state index is 12.9. The molecule has 0 fully saturated rings. The Hall–Kier alpha value is -3.94. The number of methoxy groups -OCH3 is 1. The molecule has 0 unspecified atom stereocenters. The SMILES string of the molecule is COC(=O)NC(=O)[C@H](C)OC(=O)c1cn(-c2ccccc2)nc1-c1cccc(C)c1. The minimum Gasteiger partial charge on any atom is -0.453 e. The van der Waals surface area contributed by atoms with E-state index in [9.17, 15) is 14.4 Å². The van der Waals surface area contributed by atoms with Crippen molar-refractivity contribution in [2.24, 2.45) is 0 Å². The Morgan fingerprint density at radius 1 is 1.07 bits per heavy atom. The third-order valence-corrected chi connectivity index (χ3v) is 4.31. The molecule has 1 heterocycles. The molecule has 2 amide bonds. The molecule has 154 valence electrons. The second-order valence-electron chi connectivity index (χ2n) is 6.57. The van der Waals surface area contributed by atoms with Gasteiger partial charge in [0.05, 0.1) is 12.8 Å². The van der Waals surface area contributed by atoms with Crippen LogP contribution >= 0.6 is 0 Å². The van der Waals surface area contributed by atoms with Gasteiger partial charge in [0, 0.05) is 11.8 Å². The van der Waals surface area contributed by atoms with Gasteiger partial charge in [-0.2, -0.15) is 5.10 Å². The molecule has 8 nitrogen and oxygen atoms in total. The molecule has 1 N–H and O–H groups in total. The summed E-state index contributed by atoms with van der Waals surface area (Å²) in [5.41, 5.74) is 3.13. The number of aryl methyl sites for hydroxylation is 1. The minimum absolute atomic E-state index is 0.196. The van der Waals surface area contributed by atoms with Gasteiger partial charge in [-0.25, -0.2) is 14.3 Å². The Kier molecular flexibility index (Phi) is 6.26. The molecule has 0 spiro atoms. The molecule has 0 aliphatic heterocycles. The van der Waals surface area contributed by atoms with Gasteiger partial charge in [0.15, 0.2) is 6.10 Å². The maximum atomic E-state index is 12.9. The largest absolute Gasteiger partial charge is 0.453 e. The lowest BCUT2D eigenvalue weighted by Crippen LogP contribution is -2.39. The quantitative estimate of drug-likeness (QED) is 0.652. The molecule has 3 rings (SSSR count). The number of rotatable bonds is 5. The standard InChI is InChI=1S/C22H21N3O5/c1-14-8-7-9-16(12-14)19-18(13-25(24-19)17-10-5-4-6-11-17)21(27)30-15(2)20(26)23-22(28)29-3/h4-13,15H,1-3H3,(H,23,26,28)/t15-/m0/s1. The van der Waals surface area contributed by atoms with E-state index in [1.807, 2.05) is 66.8 Å². The lowest BCUT2D eigenvalue weighted by atomic mass is 10.1. The number of hydrogen-bond acceptors (Lipinski definition) is 6. The molecule has 30 heavy (non-hydrogen) atoms. The van der Waals surface area contributed by atoms with E-state index in [1.165, 1.54) is 6.92 Å². The van der Waals surface area contributed by atoms with Gasteiger partial charge < -0.3 is 9.47 Å².